The van der Waals surface area contributed by atoms with Crippen molar-refractivity contribution in [2.75, 3.05) is 56.8 Å². The van der Waals surface area contributed by atoms with E-state index in [2.05, 4.69) is 14.9 Å². The number of benzene rings is 1. The fourth-order valence-electron chi connectivity index (χ4n) is 4.03. The van der Waals surface area contributed by atoms with Crippen molar-refractivity contribution in [3.63, 3.8) is 0 Å². The summed E-state index contributed by atoms with van der Waals surface area (Å²) in [6, 6.07) is 3.80. The number of hydrogen-bond acceptors (Lipinski definition) is 7. The number of nitrogens with zero attached hydrogens (tertiary/aromatic N) is 4. The quantitative estimate of drug-likeness (QED) is 0.778. The fourth-order valence-corrected chi connectivity index (χ4v) is 4.94. The van der Waals surface area contributed by atoms with E-state index in [0.717, 1.165) is 60.7 Å². The molecule has 1 atom stereocenters. The van der Waals surface area contributed by atoms with Gasteiger partial charge in [-0.2, -0.15) is 11.8 Å². The number of aromatic nitrogens is 2. The van der Waals surface area contributed by atoms with Crippen molar-refractivity contribution in [3.05, 3.63) is 18.5 Å². The highest BCUT2D eigenvalue weighted by Gasteiger charge is 2.31. The number of amides is 1. The maximum absolute atomic E-state index is 13.0. The molecule has 0 bridgehead atoms. The third-order valence-electron chi connectivity index (χ3n) is 5.51. The lowest BCUT2D eigenvalue weighted by Gasteiger charge is -2.37. The summed E-state index contributed by atoms with van der Waals surface area (Å²) in [4.78, 5) is 26.2. The van der Waals surface area contributed by atoms with Crippen LogP contribution in [0.1, 0.15) is 12.8 Å². The highest BCUT2D eigenvalue weighted by Crippen LogP contribution is 2.36. The van der Waals surface area contributed by atoms with E-state index in [0.29, 0.717) is 24.0 Å². The van der Waals surface area contributed by atoms with Crippen LogP contribution in [0.15, 0.2) is 18.5 Å². The highest BCUT2D eigenvalue weighted by atomic mass is 32.2. The van der Waals surface area contributed by atoms with Crippen LogP contribution in [0.5, 0.6) is 11.5 Å². The van der Waals surface area contributed by atoms with E-state index in [1.165, 1.54) is 0 Å². The molecule has 2 fully saturated rings. The van der Waals surface area contributed by atoms with E-state index in [4.69, 9.17) is 9.47 Å². The third kappa shape index (κ3) is 3.70. The standard InChI is InChI=1S/C20H26N4O3S/c1-26-17-10-15-16(11-18(17)27-2)21-13-22-19(15)24-5-3-4-14(12-24)20(25)23-6-8-28-9-7-23/h10-11,13-14H,3-9,12H2,1-2H3. The summed E-state index contributed by atoms with van der Waals surface area (Å²) < 4.78 is 10.9. The van der Waals surface area contributed by atoms with Gasteiger partial charge < -0.3 is 19.3 Å². The molecule has 7 nitrogen and oxygen atoms in total. The minimum absolute atomic E-state index is 0.0296. The van der Waals surface area contributed by atoms with Crippen molar-refractivity contribution in [1.82, 2.24) is 14.9 Å². The summed E-state index contributed by atoms with van der Waals surface area (Å²) in [5.74, 6) is 4.57. The van der Waals surface area contributed by atoms with Gasteiger partial charge >= 0.3 is 0 Å². The molecule has 2 aliphatic rings. The van der Waals surface area contributed by atoms with Crippen LogP contribution in [0.4, 0.5) is 5.82 Å². The van der Waals surface area contributed by atoms with E-state index in [1.54, 1.807) is 20.5 Å². The molecular formula is C20H26N4O3S. The van der Waals surface area contributed by atoms with Crippen molar-refractivity contribution in [1.29, 1.82) is 0 Å². The molecule has 2 aliphatic heterocycles. The van der Waals surface area contributed by atoms with Gasteiger partial charge in [0, 0.05) is 49.1 Å². The van der Waals surface area contributed by atoms with Crippen LogP contribution in [0, 0.1) is 5.92 Å². The van der Waals surface area contributed by atoms with E-state index < -0.39 is 0 Å². The normalized spacial score (nSPS) is 20.3. The van der Waals surface area contributed by atoms with Crippen LogP contribution < -0.4 is 14.4 Å². The lowest BCUT2D eigenvalue weighted by atomic mass is 9.96. The number of anilines is 1. The van der Waals surface area contributed by atoms with Crippen molar-refractivity contribution < 1.29 is 14.3 Å². The first kappa shape index (κ1) is 19.1. The molecule has 1 unspecified atom stereocenters. The molecule has 2 aromatic rings. The molecule has 0 saturated carbocycles. The zero-order chi connectivity index (χ0) is 19.5. The molecule has 8 heteroatoms. The van der Waals surface area contributed by atoms with E-state index >= 15 is 0 Å². The molecule has 1 aromatic heterocycles. The van der Waals surface area contributed by atoms with Crippen molar-refractivity contribution in [2.24, 2.45) is 5.92 Å². The minimum atomic E-state index is 0.0296. The summed E-state index contributed by atoms with van der Waals surface area (Å²) >= 11 is 1.92. The second-order valence-corrected chi connectivity index (χ2v) is 8.37. The summed E-state index contributed by atoms with van der Waals surface area (Å²) in [6.45, 7) is 3.32. The minimum Gasteiger partial charge on any atom is -0.493 e. The van der Waals surface area contributed by atoms with Gasteiger partial charge in [0.05, 0.1) is 25.7 Å². The van der Waals surface area contributed by atoms with Gasteiger partial charge in [0.2, 0.25) is 5.91 Å². The maximum atomic E-state index is 13.0. The fraction of sp³-hybridized carbons (Fsp3) is 0.550. The topological polar surface area (TPSA) is 67.8 Å². The van der Waals surface area contributed by atoms with Crippen LogP contribution in [-0.4, -0.2) is 72.7 Å². The van der Waals surface area contributed by atoms with Crippen LogP contribution >= 0.6 is 11.8 Å². The first-order valence-corrected chi connectivity index (χ1v) is 10.8. The molecule has 1 amide bonds. The lowest BCUT2D eigenvalue weighted by molar-refractivity contribution is -0.135. The van der Waals surface area contributed by atoms with Crippen LogP contribution in [0.3, 0.4) is 0 Å². The molecule has 0 spiro atoms. The summed E-state index contributed by atoms with van der Waals surface area (Å²) in [5, 5.41) is 0.919. The number of rotatable bonds is 4. The zero-order valence-electron chi connectivity index (χ0n) is 16.4. The van der Waals surface area contributed by atoms with Crippen molar-refractivity contribution in [3.8, 4) is 11.5 Å². The van der Waals surface area contributed by atoms with E-state index in [9.17, 15) is 4.79 Å². The molecule has 0 aliphatic carbocycles. The average Bonchev–Trinajstić information content (AvgIpc) is 2.77. The smallest absolute Gasteiger partial charge is 0.227 e. The molecule has 1 aromatic carbocycles. The summed E-state index contributed by atoms with van der Waals surface area (Å²) in [7, 11) is 3.24. The number of methoxy groups -OCH3 is 2. The molecule has 4 rings (SSSR count). The largest absolute Gasteiger partial charge is 0.493 e. The van der Waals surface area contributed by atoms with Crippen LogP contribution in [-0.2, 0) is 4.79 Å². The Morgan fingerprint density at radius 2 is 1.86 bits per heavy atom. The predicted octanol–water partition coefficient (Wildman–Crippen LogP) is 2.44. The Hall–Kier alpha value is -2.22. The van der Waals surface area contributed by atoms with E-state index in [-0.39, 0.29) is 5.92 Å². The van der Waals surface area contributed by atoms with Gasteiger partial charge in [-0.15, -0.1) is 0 Å². The lowest BCUT2D eigenvalue weighted by Crippen LogP contribution is -2.47. The molecule has 28 heavy (non-hydrogen) atoms. The Morgan fingerprint density at radius 3 is 2.61 bits per heavy atom. The molecule has 0 N–H and O–H groups in total. The number of ether oxygens (including phenoxy) is 2. The summed E-state index contributed by atoms with van der Waals surface area (Å²) in [6.07, 6.45) is 3.51. The van der Waals surface area contributed by atoms with E-state index in [1.807, 2.05) is 28.8 Å². The van der Waals surface area contributed by atoms with Gasteiger partial charge in [-0.3, -0.25) is 4.79 Å². The van der Waals surface area contributed by atoms with Crippen molar-refractivity contribution >= 4 is 34.4 Å². The SMILES string of the molecule is COc1cc2ncnc(N3CCCC(C(=O)N4CCSCC4)C3)c2cc1OC. The van der Waals surface area contributed by atoms with Gasteiger partial charge in [-0.1, -0.05) is 0 Å². The highest BCUT2D eigenvalue weighted by molar-refractivity contribution is 7.99. The van der Waals surface area contributed by atoms with Gasteiger partial charge in [-0.25, -0.2) is 9.97 Å². The van der Waals surface area contributed by atoms with Gasteiger partial charge in [0.15, 0.2) is 11.5 Å². The molecule has 3 heterocycles. The monoisotopic (exact) mass is 402 g/mol. The Bertz CT molecular complexity index is 857. The first-order chi connectivity index (χ1) is 13.7. The zero-order valence-corrected chi connectivity index (χ0v) is 17.2. The Labute approximate surface area is 169 Å². The molecule has 2 saturated heterocycles. The second-order valence-electron chi connectivity index (χ2n) is 7.14. The Morgan fingerprint density at radius 1 is 1.11 bits per heavy atom. The maximum Gasteiger partial charge on any atom is 0.227 e. The first-order valence-electron chi connectivity index (χ1n) is 9.69. The van der Waals surface area contributed by atoms with Gasteiger partial charge in [0.25, 0.3) is 0 Å². The van der Waals surface area contributed by atoms with Crippen LogP contribution in [0.2, 0.25) is 0 Å². The van der Waals surface area contributed by atoms with Gasteiger partial charge in [0.1, 0.15) is 12.1 Å². The molecule has 150 valence electrons. The molecular weight excluding hydrogens is 376 g/mol. The predicted molar refractivity (Wildman–Crippen MR) is 111 cm³/mol. The Balaban J connectivity index is 1.61. The third-order valence-corrected chi connectivity index (χ3v) is 6.46. The average molecular weight is 403 g/mol. The van der Waals surface area contributed by atoms with Gasteiger partial charge in [-0.05, 0) is 18.9 Å². The number of hydrogen-bond donors (Lipinski definition) is 0. The second kappa shape index (κ2) is 8.43. The number of carbonyl (C=O) groups excluding carboxylic acids is 1. The van der Waals surface area contributed by atoms with Crippen molar-refractivity contribution in [2.45, 2.75) is 12.8 Å². The Kier molecular flexibility index (Phi) is 5.75. The molecule has 0 radical (unpaired) electrons. The summed E-state index contributed by atoms with van der Waals surface area (Å²) in [5.41, 5.74) is 0.809. The number of thioether (sulfide) groups is 1. The van der Waals surface area contributed by atoms with Crippen LogP contribution in [0.25, 0.3) is 10.9 Å². The number of fused-ring (bicyclic) bond motifs is 1. The number of piperidine rings is 1. The number of carbonyl (C=O) groups is 1.